The lowest BCUT2D eigenvalue weighted by atomic mass is 10.1. The maximum absolute atomic E-state index is 5.86. The van der Waals surface area contributed by atoms with Gasteiger partial charge in [-0.05, 0) is 25.0 Å². The van der Waals surface area contributed by atoms with Crippen LogP contribution in [0.25, 0.3) is 0 Å². The molecule has 5 nitrogen and oxygen atoms in total. The van der Waals surface area contributed by atoms with Crippen LogP contribution in [-0.4, -0.2) is 58.7 Å². The molecule has 0 aromatic carbocycles. The van der Waals surface area contributed by atoms with Crippen LogP contribution in [0.4, 0.5) is 0 Å². The van der Waals surface area contributed by atoms with Gasteiger partial charge in [-0.15, -0.1) is 0 Å². The van der Waals surface area contributed by atoms with Gasteiger partial charge < -0.3 is 9.47 Å². The van der Waals surface area contributed by atoms with Gasteiger partial charge in [-0.25, -0.2) is 0 Å². The fraction of sp³-hybridized carbons (Fsp3) is 0.714. The van der Waals surface area contributed by atoms with Crippen molar-refractivity contribution in [2.45, 2.75) is 31.4 Å². The molecule has 20 heavy (non-hydrogen) atoms. The highest BCUT2D eigenvalue weighted by Crippen LogP contribution is 2.26. The molecule has 0 radical (unpaired) electrons. The van der Waals surface area contributed by atoms with Crippen LogP contribution in [0.2, 0.25) is 0 Å². The molecule has 1 aromatic rings. The van der Waals surface area contributed by atoms with Gasteiger partial charge in [0.1, 0.15) is 6.10 Å². The summed E-state index contributed by atoms with van der Waals surface area (Å²) in [7, 11) is 1.61. The zero-order chi connectivity index (χ0) is 13.8. The van der Waals surface area contributed by atoms with E-state index in [1.807, 2.05) is 0 Å². The smallest absolute Gasteiger partial charge is 0.316 e. The maximum atomic E-state index is 5.86. The third-order valence-corrected chi connectivity index (χ3v) is 5.16. The lowest BCUT2D eigenvalue weighted by Crippen LogP contribution is -2.44. The Morgan fingerprint density at radius 3 is 2.55 bits per heavy atom. The van der Waals surface area contributed by atoms with E-state index in [1.165, 1.54) is 17.9 Å². The molecular weight excluding hydrogens is 274 g/mol. The van der Waals surface area contributed by atoms with Gasteiger partial charge in [0.05, 0.1) is 19.5 Å². The van der Waals surface area contributed by atoms with Gasteiger partial charge in [0.25, 0.3) is 0 Å². The van der Waals surface area contributed by atoms with Crippen LogP contribution in [0.3, 0.4) is 0 Å². The molecule has 2 aliphatic rings. The number of aromatic nitrogens is 2. The summed E-state index contributed by atoms with van der Waals surface area (Å²) in [6, 6.07) is 1.25. The molecule has 2 aliphatic heterocycles. The molecule has 1 atom stereocenters. The van der Waals surface area contributed by atoms with E-state index in [0.29, 0.717) is 11.8 Å². The second-order valence-electron chi connectivity index (χ2n) is 5.28. The summed E-state index contributed by atoms with van der Waals surface area (Å²) in [5.74, 6) is 3.28. The molecule has 2 fully saturated rings. The number of piperidine rings is 1. The van der Waals surface area contributed by atoms with Crippen molar-refractivity contribution in [3.8, 4) is 11.8 Å². The zero-order valence-corrected chi connectivity index (χ0v) is 12.6. The second kappa shape index (κ2) is 6.63. The van der Waals surface area contributed by atoms with E-state index in [-0.39, 0.29) is 6.10 Å². The number of hydrogen-bond acceptors (Lipinski definition) is 6. The molecule has 2 saturated heterocycles. The van der Waals surface area contributed by atoms with E-state index in [4.69, 9.17) is 9.47 Å². The minimum absolute atomic E-state index is 0.244. The highest BCUT2D eigenvalue weighted by Gasteiger charge is 2.28. The molecule has 6 heteroatoms. The van der Waals surface area contributed by atoms with Crippen molar-refractivity contribution in [3.05, 3.63) is 12.4 Å². The van der Waals surface area contributed by atoms with Crippen molar-refractivity contribution in [2.75, 3.05) is 31.7 Å². The van der Waals surface area contributed by atoms with Crippen molar-refractivity contribution in [3.63, 3.8) is 0 Å². The van der Waals surface area contributed by atoms with E-state index in [9.17, 15) is 0 Å². The van der Waals surface area contributed by atoms with E-state index < -0.39 is 0 Å². The Labute approximate surface area is 124 Å². The van der Waals surface area contributed by atoms with Crippen LogP contribution < -0.4 is 9.47 Å². The minimum atomic E-state index is 0.244. The van der Waals surface area contributed by atoms with Gasteiger partial charge in [-0.2, -0.15) is 21.7 Å². The Hall–Kier alpha value is -1.01. The molecule has 0 amide bonds. The first-order valence-electron chi connectivity index (χ1n) is 7.19. The predicted molar refractivity (Wildman–Crippen MR) is 79.5 cm³/mol. The molecule has 0 saturated carbocycles. The highest BCUT2D eigenvalue weighted by atomic mass is 32.2. The van der Waals surface area contributed by atoms with Crippen molar-refractivity contribution >= 4 is 11.8 Å². The number of nitrogens with zero attached hydrogens (tertiary/aromatic N) is 3. The molecular formula is C14H21N3O2S. The molecule has 1 aromatic heterocycles. The van der Waals surface area contributed by atoms with Crippen LogP contribution >= 0.6 is 11.8 Å². The average molecular weight is 295 g/mol. The molecule has 1 unspecified atom stereocenters. The summed E-state index contributed by atoms with van der Waals surface area (Å²) in [4.78, 5) is 10.9. The number of thioether (sulfide) groups is 1. The Morgan fingerprint density at radius 2 is 1.95 bits per heavy atom. The van der Waals surface area contributed by atoms with Crippen molar-refractivity contribution in [1.82, 2.24) is 14.9 Å². The zero-order valence-electron chi connectivity index (χ0n) is 11.8. The second-order valence-corrected chi connectivity index (χ2v) is 6.43. The van der Waals surface area contributed by atoms with E-state index >= 15 is 0 Å². The molecule has 110 valence electrons. The third kappa shape index (κ3) is 3.35. The first-order valence-corrected chi connectivity index (χ1v) is 8.35. The number of methoxy groups -OCH3 is 1. The number of hydrogen-bond donors (Lipinski definition) is 0. The first-order chi connectivity index (χ1) is 9.85. The van der Waals surface area contributed by atoms with Gasteiger partial charge in [0, 0.05) is 24.9 Å². The quantitative estimate of drug-likeness (QED) is 0.844. The summed E-state index contributed by atoms with van der Waals surface area (Å²) in [6.45, 7) is 2.26. The summed E-state index contributed by atoms with van der Waals surface area (Å²) in [5.41, 5.74) is 0. The molecule has 3 heterocycles. The lowest BCUT2D eigenvalue weighted by Gasteiger charge is -2.35. The fourth-order valence-electron chi connectivity index (χ4n) is 2.79. The summed E-state index contributed by atoms with van der Waals surface area (Å²) < 4.78 is 10.9. The summed E-state index contributed by atoms with van der Waals surface area (Å²) >= 11 is 2.08. The SMILES string of the molecule is COc1cnc(OC2CCN(C3CCSC3)CC2)nc1. The summed E-state index contributed by atoms with van der Waals surface area (Å²) in [6.07, 6.45) is 7.01. The van der Waals surface area contributed by atoms with Crippen LogP contribution in [-0.2, 0) is 0 Å². The molecule has 0 spiro atoms. The third-order valence-electron chi connectivity index (χ3n) is 4.01. The van der Waals surface area contributed by atoms with E-state index in [2.05, 4.69) is 26.6 Å². The lowest BCUT2D eigenvalue weighted by molar-refractivity contribution is 0.0753. The predicted octanol–water partition coefficient (Wildman–Crippen LogP) is 1.83. The average Bonchev–Trinajstić information content (AvgIpc) is 3.03. The number of likely N-dealkylation sites (tertiary alicyclic amines) is 1. The minimum Gasteiger partial charge on any atom is -0.494 e. The maximum Gasteiger partial charge on any atom is 0.316 e. The van der Waals surface area contributed by atoms with Crippen molar-refractivity contribution in [1.29, 1.82) is 0 Å². The van der Waals surface area contributed by atoms with Crippen LogP contribution in [0.15, 0.2) is 12.4 Å². The number of rotatable bonds is 4. The standard InChI is InChI=1S/C14H21N3O2S/c1-18-13-8-15-14(16-9-13)19-12-2-5-17(6-3-12)11-4-7-20-10-11/h8-9,11-12H,2-7,10H2,1H3. The van der Waals surface area contributed by atoms with E-state index in [1.54, 1.807) is 19.5 Å². The van der Waals surface area contributed by atoms with E-state index in [0.717, 1.165) is 32.0 Å². The molecule has 0 bridgehead atoms. The molecule has 0 aliphatic carbocycles. The van der Waals surface area contributed by atoms with Crippen LogP contribution in [0.5, 0.6) is 11.8 Å². The Bertz CT molecular complexity index is 415. The number of ether oxygens (including phenoxy) is 2. The van der Waals surface area contributed by atoms with Gasteiger partial charge in [-0.1, -0.05) is 0 Å². The Balaban J connectivity index is 1.47. The monoisotopic (exact) mass is 295 g/mol. The van der Waals surface area contributed by atoms with Crippen LogP contribution in [0.1, 0.15) is 19.3 Å². The first kappa shape index (κ1) is 13.9. The molecule has 3 rings (SSSR count). The van der Waals surface area contributed by atoms with Crippen molar-refractivity contribution < 1.29 is 9.47 Å². The fourth-order valence-corrected chi connectivity index (χ4v) is 4.04. The van der Waals surface area contributed by atoms with Gasteiger partial charge >= 0.3 is 6.01 Å². The Morgan fingerprint density at radius 1 is 1.20 bits per heavy atom. The highest BCUT2D eigenvalue weighted by molar-refractivity contribution is 7.99. The van der Waals surface area contributed by atoms with Gasteiger partial charge in [0.2, 0.25) is 0 Å². The van der Waals surface area contributed by atoms with Gasteiger partial charge in [0.15, 0.2) is 5.75 Å². The Kier molecular flexibility index (Phi) is 4.62. The van der Waals surface area contributed by atoms with Crippen LogP contribution in [0, 0.1) is 0 Å². The molecule has 0 N–H and O–H groups in total. The topological polar surface area (TPSA) is 47.5 Å². The van der Waals surface area contributed by atoms with Crippen molar-refractivity contribution in [2.24, 2.45) is 0 Å². The normalized spacial score (nSPS) is 24.8. The summed E-state index contributed by atoms with van der Waals surface area (Å²) in [5, 5.41) is 0. The largest absolute Gasteiger partial charge is 0.494 e. The van der Waals surface area contributed by atoms with Gasteiger partial charge in [-0.3, -0.25) is 4.90 Å².